The monoisotopic (exact) mass is 329 g/mol. The van der Waals surface area contributed by atoms with Crippen molar-refractivity contribution in [1.29, 1.82) is 0 Å². The number of thiophene rings is 1. The molecule has 1 amide bonds. The second-order valence-electron chi connectivity index (χ2n) is 6.13. The molecule has 3 nitrogen and oxygen atoms in total. The Balaban J connectivity index is 1.84. The topological polar surface area (TPSA) is 40.5 Å². The van der Waals surface area contributed by atoms with E-state index in [9.17, 15) is 9.90 Å². The highest BCUT2D eigenvalue weighted by atomic mass is 32.1. The molecule has 1 aromatic carbocycles. The molecule has 2 unspecified atom stereocenters. The number of fused-ring (bicyclic) bond motifs is 1. The third-order valence-electron chi connectivity index (χ3n) is 4.75. The summed E-state index contributed by atoms with van der Waals surface area (Å²) in [7, 11) is 1.87. The largest absolute Gasteiger partial charge is 0.396 e. The van der Waals surface area contributed by atoms with Crippen molar-refractivity contribution in [3.05, 3.63) is 57.8 Å². The van der Waals surface area contributed by atoms with Gasteiger partial charge in [0.05, 0.1) is 12.0 Å². The van der Waals surface area contributed by atoms with E-state index in [1.54, 1.807) is 11.3 Å². The minimum Gasteiger partial charge on any atom is -0.396 e. The van der Waals surface area contributed by atoms with E-state index in [-0.39, 0.29) is 24.5 Å². The van der Waals surface area contributed by atoms with Crippen LogP contribution in [-0.4, -0.2) is 29.6 Å². The Labute approximate surface area is 141 Å². The molecule has 3 rings (SSSR count). The molecule has 1 N–H and O–H groups in total. The third kappa shape index (κ3) is 3.33. The van der Waals surface area contributed by atoms with E-state index in [1.807, 2.05) is 42.3 Å². The van der Waals surface area contributed by atoms with Crippen LogP contribution in [0, 0.1) is 0 Å². The van der Waals surface area contributed by atoms with Gasteiger partial charge in [0.1, 0.15) is 0 Å². The van der Waals surface area contributed by atoms with E-state index in [2.05, 4.69) is 11.4 Å². The van der Waals surface area contributed by atoms with E-state index < -0.39 is 0 Å². The Kier molecular flexibility index (Phi) is 5.13. The average Bonchev–Trinajstić information content (AvgIpc) is 3.08. The standard InChI is InChI=1S/C19H23NO2S/c1-20(17(10-12-21)14-6-3-2-4-7-14)19(22)16-8-5-9-18-15(16)11-13-23-18/h2-4,6-7,11,13,16-17,21H,5,8-10,12H2,1H3. The molecule has 1 aliphatic carbocycles. The zero-order chi connectivity index (χ0) is 16.2. The summed E-state index contributed by atoms with van der Waals surface area (Å²) in [6.45, 7) is 0.0749. The van der Waals surface area contributed by atoms with Crippen molar-refractivity contribution in [3.63, 3.8) is 0 Å². The number of aryl methyl sites for hydroxylation is 1. The first-order valence-corrected chi connectivity index (χ1v) is 9.09. The maximum Gasteiger partial charge on any atom is 0.230 e. The van der Waals surface area contributed by atoms with Crippen molar-refractivity contribution < 1.29 is 9.90 Å². The van der Waals surface area contributed by atoms with Crippen molar-refractivity contribution in [3.8, 4) is 0 Å². The number of aliphatic hydroxyl groups excluding tert-OH is 1. The summed E-state index contributed by atoms with van der Waals surface area (Å²) in [5.41, 5.74) is 2.30. The fourth-order valence-electron chi connectivity index (χ4n) is 3.52. The lowest BCUT2D eigenvalue weighted by atomic mass is 9.86. The number of likely N-dealkylation sites (N-methyl/N-ethyl adjacent to an activating group) is 1. The summed E-state index contributed by atoms with van der Waals surface area (Å²) >= 11 is 1.76. The number of rotatable bonds is 5. The van der Waals surface area contributed by atoms with Gasteiger partial charge in [-0.05, 0) is 48.3 Å². The number of benzene rings is 1. The molecule has 1 aromatic heterocycles. The molecule has 2 atom stereocenters. The van der Waals surface area contributed by atoms with Gasteiger partial charge in [-0.2, -0.15) is 0 Å². The van der Waals surface area contributed by atoms with Crippen LogP contribution in [-0.2, 0) is 11.2 Å². The number of aliphatic hydroxyl groups is 1. The normalized spacial score (nSPS) is 18.3. The molecule has 4 heteroatoms. The van der Waals surface area contributed by atoms with Gasteiger partial charge in [-0.3, -0.25) is 4.79 Å². The number of amides is 1. The van der Waals surface area contributed by atoms with Gasteiger partial charge in [0.2, 0.25) is 5.91 Å². The van der Waals surface area contributed by atoms with Crippen LogP contribution in [0.15, 0.2) is 41.8 Å². The molecule has 1 heterocycles. The molecule has 0 spiro atoms. The minimum atomic E-state index is -0.0716. The first-order valence-electron chi connectivity index (χ1n) is 8.21. The summed E-state index contributed by atoms with van der Waals surface area (Å²) in [5, 5.41) is 11.5. The maximum atomic E-state index is 13.1. The molecule has 0 bridgehead atoms. The number of nitrogens with zero attached hydrogens (tertiary/aromatic N) is 1. The van der Waals surface area contributed by atoms with Crippen LogP contribution in [0.25, 0.3) is 0 Å². The lowest BCUT2D eigenvalue weighted by Crippen LogP contribution is -2.36. The maximum absolute atomic E-state index is 13.1. The number of carbonyl (C=O) groups excluding carboxylic acids is 1. The van der Waals surface area contributed by atoms with Crippen molar-refractivity contribution in [2.45, 2.75) is 37.6 Å². The molecule has 0 saturated heterocycles. The SMILES string of the molecule is CN(C(=O)C1CCCc2sccc21)C(CCO)c1ccccc1. The van der Waals surface area contributed by atoms with E-state index in [0.29, 0.717) is 6.42 Å². The van der Waals surface area contributed by atoms with Crippen LogP contribution < -0.4 is 0 Å². The second kappa shape index (κ2) is 7.28. The van der Waals surface area contributed by atoms with Crippen molar-refractivity contribution in [2.75, 3.05) is 13.7 Å². The lowest BCUT2D eigenvalue weighted by Gasteiger charge is -2.33. The number of hydrogen-bond acceptors (Lipinski definition) is 3. The third-order valence-corrected chi connectivity index (χ3v) is 5.75. The summed E-state index contributed by atoms with van der Waals surface area (Å²) in [5.74, 6) is 0.145. The zero-order valence-electron chi connectivity index (χ0n) is 13.4. The first kappa shape index (κ1) is 16.2. The average molecular weight is 329 g/mol. The predicted molar refractivity (Wildman–Crippen MR) is 93.7 cm³/mol. The highest BCUT2D eigenvalue weighted by Crippen LogP contribution is 2.37. The Morgan fingerprint density at radius 3 is 2.87 bits per heavy atom. The summed E-state index contributed by atoms with van der Waals surface area (Å²) in [4.78, 5) is 16.3. The van der Waals surface area contributed by atoms with E-state index in [0.717, 1.165) is 24.8 Å². The molecule has 0 radical (unpaired) electrons. The molecular weight excluding hydrogens is 306 g/mol. The van der Waals surface area contributed by atoms with Crippen molar-refractivity contribution in [1.82, 2.24) is 4.90 Å². The van der Waals surface area contributed by atoms with E-state index in [4.69, 9.17) is 0 Å². The summed E-state index contributed by atoms with van der Waals surface area (Å²) in [6, 6.07) is 12.0. The molecule has 122 valence electrons. The molecule has 0 saturated carbocycles. The van der Waals surface area contributed by atoms with E-state index in [1.165, 1.54) is 10.4 Å². The quantitative estimate of drug-likeness (QED) is 0.907. The predicted octanol–water partition coefficient (Wildman–Crippen LogP) is 3.75. The van der Waals surface area contributed by atoms with Crippen LogP contribution in [0.3, 0.4) is 0 Å². The fourth-order valence-corrected chi connectivity index (χ4v) is 4.51. The highest BCUT2D eigenvalue weighted by molar-refractivity contribution is 7.10. The fraction of sp³-hybridized carbons (Fsp3) is 0.421. The van der Waals surface area contributed by atoms with Gasteiger partial charge in [0.15, 0.2) is 0 Å². The van der Waals surface area contributed by atoms with Gasteiger partial charge in [-0.25, -0.2) is 0 Å². The molecule has 0 fully saturated rings. The van der Waals surface area contributed by atoms with Crippen LogP contribution >= 0.6 is 11.3 Å². The van der Waals surface area contributed by atoms with Gasteiger partial charge in [0, 0.05) is 18.5 Å². The van der Waals surface area contributed by atoms with Gasteiger partial charge >= 0.3 is 0 Å². The Morgan fingerprint density at radius 1 is 1.35 bits per heavy atom. The molecular formula is C19H23NO2S. The second-order valence-corrected chi connectivity index (χ2v) is 7.13. The molecule has 0 aliphatic heterocycles. The highest BCUT2D eigenvalue weighted by Gasteiger charge is 2.32. The molecule has 2 aromatic rings. The number of carbonyl (C=O) groups is 1. The summed E-state index contributed by atoms with van der Waals surface area (Å²) < 4.78 is 0. The zero-order valence-corrected chi connectivity index (χ0v) is 14.3. The van der Waals surface area contributed by atoms with Crippen LogP contribution in [0.2, 0.25) is 0 Å². The van der Waals surface area contributed by atoms with Crippen LogP contribution in [0.1, 0.15) is 47.2 Å². The molecule has 1 aliphatic rings. The van der Waals surface area contributed by atoms with Crippen LogP contribution in [0.5, 0.6) is 0 Å². The van der Waals surface area contributed by atoms with Gasteiger partial charge < -0.3 is 10.0 Å². The van der Waals surface area contributed by atoms with Crippen LogP contribution in [0.4, 0.5) is 0 Å². The van der Waals surface area contributed by atoms with E-state index >= 15 is 0 Å². The summed E-state index contributed by atoms with van der Waals surface area (Å²) in [6.07, 6.45) is 3.66. The Bertz CT molecular complexity index is 652. The Morgan fingerprint density at radius 2 is 2.13 bits per heavy atom. The van der Waals surface area contributed by atoms with Gasteiger partial charge in [-0.15, -0.1) is 11.3 Å². The number of hydrogen-bond donors (Lipinski definition) is 1. The van der Waals surface area contributed by atoms with Gasteiger partial charge in [0.25, 0.3) is 0 Å². The van der Waals surface area contributed by atoms with Gasteiger partial charge in [-0.1, -0.05) is 30.3 Å². The lowest BCUT2D eigenvalue weighted by molar-refractivity contribution is -0.134. The smallest absolute Gasteiger partial charge is 0.230 e. The van der Waals surface area contributed by atoms with Crippen molar-refractivity contribution in [2.24, 2.45) is 0 Å². The Hall–Kier alpha value is -1.65. The first-order chi connectivity index (χ1) is 11.2. The molecule has 23 heavy (non-hydrogen) atoms. The minimum absolute atomic E-state index is 0.0279. The van der Waals surface area contributed by atoms with Crippen molar-refractivity contribution >= 4 is 17.2 Å².